The molecule has 0 atom stereocenters. The minimum atomic E-state index is -0.264. The quantitative estimate of drug-likeness (QED) is 0.428. The first kappa shape index (κ1) is 20.4. The van der Waals surface area contributed by atoms with Crippen molar-refractivity contribution in [2.45, 2.75) is 6.54 Å². The van der Waals surface area contributed by atoms with Gasteiger partial charge in [-0.25, -0.2) is 9.50 Å². The Morgan fingerprint density at radius 2 is 1.73 bits per heavy atom. The van der Waals surface area contributed by atoms with Crippen molar-refractivity contribution in [1.29, 1.82) is 0 Å². The van der Waals surface area contributed by atoms with E-state index in [-0.39, 0.29) is 5.91 Å². The summed E-state index contributed by atoms with van der Waals surface area (Å²) in [6, 6.07) is 26.6. The normalized spacial score (nSPS) is 10.8. The summed E-state index contributed by atoms with van der Waals surface area (Å²) in [6.07, 6.45) is 1.70. The summed E-state index contributed by atoms with van der Waals surface area (Å²) in [5.41, 5.74) is 4.93. The Morgan fingerprint density at radius 3 is 2.52 bits per heavy atom. The molecule has 3 heterocycles. The van der Waals surface area contributed by atoms with Crippen LogP contribution < -0.4 is 10.1 Å². The fourth-order valence-corrected chi connectivity index (χ4v) is 3.58. The predicted octanol–water partition coefficient (Wildman–Crippen LogP) is 4.40. The van der Waals surface area contributed by atoms with Gasteiger partial charge in [0.15, 0.2) is 5.65 Å². The molecule has 5 aromatic rings. The highest BCUT2D eigenvalue weighted by Gasteiger charge is 2.17. The van der Waals surface area contributed by atoms with Crippen LogP contribution in [0.1, 0.15) is 16.2 Å². The van der Waals surface area contributed by atoms with E-state index in [2.05, 4.69) is 15.4 Å². The van der Waals surface area contributed by atoms with Gasteiger partial charge in [0.25, 0.3) is 5.91 Å². The van der Waals surface area contributed by atoms with Crippen LogP contribution >= 0.6 is 0 Å². The molecule has 162 valence electrons. The number of nitrogens with zero attached hydrogens (tertiary/aromatic N) is 4. The molecule has 7 heteroatoms. The molecular formula is C26H21N5O2. The number of ether oxygens (including phenoxy) is 1. The van der Waals surface area contributed by atoms with Gasteiger partial charge in [-0.1, -0.05) is 48.5 Å². The number of pyridine rings is 1. The largest absolute Gasteiger partial charge is 0.497 e. The fourth-order valence-electron chi connectivity index (χ4n) is 3.58. The second-order valence-electron chi connectivity index (χ2n) is 7.43. The van der Waals surface area contributed by atoms with Crippen molar-refractivity contribution in [2.24, 2.45) is 0 Å². The molecule has 0 aliphatic heterocycles. The van der Waals surface area contributed by atoms with Gasteiger partial charge in [0.1, 0.15) is 11.4 Å². The Balaban J connectivity index is 1.59. The third-order valence-corrected chi connectivity index (χ3v) is 5.25. The van der Waals surface area contributed by atoms with Crippen molar-refractivity contribution in [1.82, 2.24) is 24.9 Å². The Labute approximate surface area is 190 Å². The van der Waals surface area contributed by atoms with Crippen LogP contribution in [0, 0.1) is 0 Å². The fraction of sp³-hybridized carbons (Fsp3) is 0.0769. The zero-order valence-corrected chi connectivity index (χ0v) is 18.0. The SMILES string of the molecule is COc1cccc(-c2cc(C(=O)NCc3ccccn3)n3nc(-c4ccccc4)cc3n2)c1. The molecule has 0 saturated heterocycles. The number of rotatable bonds is 6. The number of hydrogen-bond donors (Lipinski definition) is 1. The standard InChI is InChI=1S/C26H21N5O2/c1-33-21-12-7-10-19(14-21)22-15-24(26(32)28-17-20-11-5-6-13-27-20)31-25(29-22)16-23(30-31)18-8-3-2-4-9-18/h2-16H,17H2,1H3,(H,28,32). The van der Waals surface area contributed by atoms with E-state index in [4.69, 9.17) is 9.72 Å². The summed E-state index contributed by atoms with van der Waals surface area (Å²) in [5, 5.41) is 7.62. The first-order valence-electron chi connectivity index (χ1n) is 10.5. The van der Waals surface area contributed by atoms with Crippen LogP contribution in [0.3, 0.4) is 0 Å². The molecule has 0 saturated carbocycles. The van der Waals surface area contributed by atoms with Gasteiger partial charge in [-0.3, -0.25) is 9.78 Å². The average molecular weight is 435 g/mol. The van der Waals surface area contributed by atoms with E-state index >= 15 is 0 Å². The molecule has 0 bridgehead atoms. The number of methoxy groups -OCH3 is 1. The lowest BCUT2D eigenvalue weighted by atomic mass is 10.1. The van der Waals surface area contributed by atoms with E-state index in [1.165, 1.54) is 0 Å². The van der Waals surface area contributed by atoms with E-state index in [0.717, 1.165) is 22.5 Å². The molecule has 0 aliphatic rings. The van der Waals surface area contributed by atoms with Crippen molar-refractivity contribution < 1.29 is 9.53 Å². The molecule has 1 N–H and O–H groups in total. The minimum absolute atomic E-state index is 0.264. The lowest BCUT2D eigenvalue weighted by Gasteiger charge is -2.10. The summed E-state index contributed by atoms with van der Waals surface area (Å²) >= 11 is 0. The number of fused-ring (bicyclic) bond motifs is 1. The molecule has 5 rings (SSSR count). The van der Waals surface area contributed by atoms with Gasteiger partial charge in [-0.2, -0.15) is 5.10 Å². The number of carbonyl (C=O) groups is 1. The highest BCUT2D eigenvalue weighted by atomic mass is 16.5. The van der Waals surface area contributed by atoms with Crippen molar-refractivity contribution in [2.75, 3.05) is 7.11 Å². The van der Waals surface area contributed by atoms with Gasteiger partial charge in [-0.15, -0.1) is 0 Å². The summed E-state index contributed by atoms with van der Waals surface area (Å²) < 4.78 is 6.94. The molecule has 0 aliphatic carbocycles. The van der Waals surface area contributed by atoms with Crippen molar-refractivity contribution in [3.8, 4) is 28.3 Å². The lowest BCUT2D eigenvalue weighted by Crippen LogP contribution is -2.26. The third-order valence-electron chi connectivity index (χ3n) is 5.25. The number of benzene rings is 2. The molecule has 33 heavy (non-hydrogen) atoms. The Kier molecular flexibility index (Phi) is 5.51. The van der Waals surface area contributed by atoms with Gasteiger partial charge in [0, 0.05) is 23.4 Å². The Hall–Kier alpha value is -4.52. The summed E-state index contributed by atoms with van der Waals surface area (Å²) in [5.74, 6) is 0.453. The molecule has 3 aromatic heterocycles. The maximum absolute atomic E-state index is 13.2. The number of aromatic nitrogens is 4. The first-order chi connectivity index (χ1) is 16.2. The predicted molar refractivity (Wildman–Crippen MR) is 126 cm³/mol. The van der Waals surface area contributed by atoms with Crippen LogP contribution in [0.15, 0.2) is 91.1 Å². The van der Waals surface area contributed by atoms with Gasteiger partial charge in [0.05, 0.1) is 30.7 Å². The molecular weight excluding hydrogens is 414 g/mol. The number of nitrogens with one attached hydrogen (secondary N) is 1. The van der Waals surface area contributed by atoms with Crippen molar-refractivity contribution in [3.63, 3.8) is 0 Å². The van der Waals surface area contributed by atoms with Gasteiger partial charge in [0.2, 0.25) is 0 Å². The molecule has 0 unspecified atom stereocenters. The topological polar surface area (TPSA) is 81.4 Å². The molecule has 0 fully saturated rings. The van der Waals surface area contributed by atoms with E-state index in [0.29, 0.717) is 29.3 Å². The van der Waals surface area contributed by atoms with Crippen LogP contribution in [0.2, 0.25) is 0 Å². The second-order valence-corrected chi connectivity index (χ2v) is 7.43. The zero-order valence-electron chi connectivity index (χ0n) is 18.0. The number of carbonyl (C=O) groups excluding carboxylic acids is 1. The van der Waals surface area contributed by atoms with Gasteiger partial charge in [-0.05, 0) is 30.3 Å². The van der Waals surface area contributed by atoms with E-state index in [1.54, 1.807) is 23.9 Å². The highest BCUT2D eigenvalue weighted by molar-refractivity contribution is 5.94. The van der Waals surface area contributed by atoms with Crippen LogP contribution in [0.4, 0.5) is 0 Å². The maximum atomic E-state index is 13.2. The molecule has 0 radical (unpaired) electrons. The molecule has 7 nitrogen and oxygen atoms in total. The van der Waals surface area contributed by atoms with Gasteiger partial charge < -0.3 is 10.1 Å². The monoisotopic (exact) mass is 435 g/mol. The zero-order chi connectivity index (χ0) is 22.6. The van der Waals surface area contributed by atoms with Crippen LogP contribution in [-0.2, 0) is 6.54 Å². The smallest absolute Gasteiger partial charge is 0.270 e. The van der Waals surface area contributed by atoms with Crippen molar-refractivity contribution in [3.05, 3.63) is 103 Å². The summed E-state index contributed by atoms with van der Waals surface area (Å²) in [7, 11) is 1.62. The lowest BCUT2D eigenvalue weighted by molar-refractivity contribution is 0.0943. The van der Waals surface area contributed by atoms with Crippen LogP contribution in [0.5, 0.6) is 5.75 Å². The molecule has 1 amide bonds. The second kappa shape index (κ2) is 8.92. The van der Waals surface area contributed by atoms with Gasteiger partial charge >= 0.3 is 0 Å². The molecule has 2 aromatic carbocycles. The van der Waals surface area contributed by atoms with Crippen LogP contribution in [0.25, 0.3) is 28.2 Å². The third kappa shape index (κ3) is 4.29. The Bertz CT molecular complexity index is 1420. The average Bonchev–Trinajstić information content (AvgIpc) is 3.32. The maximum Gasteiger partial charge on any atom is 0.270 e. The number of hydrogen-bond acceptors (Lipinski definition) is 5. The Morgan fingerprint density at radius 1 is 0.909 bits per heavy atom. The summed E-state index contributed by atoms with van der Waals surface area (Å²) in [6.45, 7) is 0.310. The first-order valence-corrected chi connectivity index (χ1v) is 10.5. The van der Waals surface area contributed by atoms with E-state index in [9.17, 15) is 4.79 Å². The minimum Gasteiger partial charge on any atom is -0.497 e. The molecule has 0 spiro atoms. The highest BCUT2D eigenvalue weighted by Crippen LogP contribution is 2.26. The van der Waals surface area contributed by atoms with Crippen LogP contribution in [-0.4, -0.2) is 32.6 Å². The van der Waals surface area contributed by atoms with E-state index in [1.807, 2.05) is 78.9 Å². The number of amides is 1. The van der Waals surface area contributed by atoms with E-state index < -0.39 is 0 Å². The van der Waals surface area contributed by atoms with Crippen molar-refractivity contribution >= 4 is 11.6 Å². The summed E-state index contributed by atoms with van der Waals surface area (Å²) in [4.78, 5) is 22.3.